The van der Waals surface area contributed by atoms with E-state index in [0.717, 1.165) is 6.54 Å². The van der Waals surface area contributed by atoms with Crippen molar-refractivity contribution in [3.63, 3.8) is 0 Å². The first-order valence-electron chi connectivity index (χ1n) is 3.90. The zero-order valence-corrected chi connectivity index (χ0v) is 9.49. The van der Waals surface area contributed by atoms with Gasteiger partial charge in [-0.25, -0.2) is 0 Å². The Morgan fingerprint density at radius 3 is 2.36 bits per heavy atom. The van der Waals surface area contributed by atoms with Crippen molar-refractivity contribution >= 4 is 36.6 Å². The summed E-state index contributed by atoms with van der Waals surface area (Å²) in [4.78, 5) is 23.4. The Morgan fingerprint density at radius 2 is 2.00 bits per heavy atom. The Morgan fingerprint density at radius 1 is 1.43 bits per heavy atom. The van der Waals surface area contributed by atoms with E-state index in [0.29, 0.717) is 13.1 Å². The fraction of sp³-hybridized carbons (Fsp3) is 0.714. The third kappa shape index (κ3) is 3.69. The molecule has 5 nitrogen and oxygen atoms in total. The van der Waals surface area contributed by atoms with Crippen molar-refractivity contribution < 1.29 is 9.59 Å². The minimum Gasteiger partial charge on any atom is -0.368 e. The van der Waals surface area contributed by atoms with E-state index in [2.05, 4.69) is 5.32 Å². The molecular formula is C7H15Cl2N3O2. The summed E-state index contributed by atoms with van der Waals surface area (Å²) >= 11 is 0. The number of primary amides is 1. The van der Waals surface area contributed by atoms with Gasteiger partial charge in [-0.15, -0.1) is 24.8 Å². The van der Waals surface area contributed by atoms with Crippen LogP contribution in [0.3, 0.4) is 0 Å². The van der Waals surface area contributed by atoms with Crippen LogP contribution in [0.1, 0.15) is 6.92 Å². The molecule has 0 bridgehead atoms. The van der Waals surface area contributed by atoms with Gasteiger partial charge in [0.25, 0.3) is 0 Å². The molecule has 0 saturated carbocycles. The first-order valence-corrected chi connectivity index (χ1v) is 3.90. The second-order valence-corrected chi connectivity index (χ2v) is 2.83. The topological polar surface area (TPSA) is 75.4 Å². The van der Waals surface area contributed by atoms with Crippen LogP contribution in [0.5, 0.6) is 0 Å². The number of rotatable bonds is 1. The van der Waals surface area contributed by atoms with Crippen molar-refractivity contribution in [1.29, 1.82) is 0 Å². The van der Waals surface area contributed by atoms with Crippen molar-refractivity contribution in [2.75, 3.05) is 19.6 Å². The SMILES string of the molecule is CC(=O)N1CCNCC1C(N)=O.Cl.Cl. The van der Waals surface area contributed by atoms with Crippen LogP contribution in [0.2, 0.25) is 0 Å². The number of hydrogen-bond donors (Lipinski definition) is 2. The van der Waals surface area contributed by atoms with Gasteiger partial charge < -0.3 is 16.0 Å². The summed E-state index contributed by atoms with van der Waals surface area (Å²) in [5.74, 6) is -0.544. The summed E-state index contributed by atoms with van der Waals surface area (Å²) in [7, 11) is 0. The van der Waals surface area contributed by atoms with Gasteiger partial charge in [0, 0.05) is 26.6 Å². The fourth-order valence-electron chi connectivity index (χ4n) is 1.34. The fourth-order valence-corrected chi connectivity index (χ4v) is 1.34. The third-order valence-electron chi connectivity index (χ3n) is 1.98. The number of nitrogens with two attached hydrogens (primary N) is 1. The first-order chi connectivity index (χ1) is 5.63. The molecule has 1 unspecified atom stereocenters. The Labute approximate surface area is 95.2 Å². The van der Waals surface area contributed by atoms with Gasteiger partial charge in [-0.05, 0) is 0 Å². The van der Waals surface area contributed by atoms with E-state index in [1.165, 1.54) is 11.8 Å². The summed E-state index contributed by atoms with van der Waals surface area (Å²) in [5.41, 5.74) is 5.12. The second kappa shape index (κ2) is 6.86. The van der Waals surface area contributed by atoms with Crippen LogP contribution in [0.4, 0.5) is 0 Å². The predicted molar refractivity (Wildman–Crippen MR) is 57.7 cm³/mol. The quantitative estimate of drug-likeness (QED) is 0.630. The molecule has 1 aliphatic rings. The molecule has 0 radical (unpaired) electrons. The maximum Gasteiger partial charge on any atom is 0.241 e. The highest BCUT2D eigenvalue weighted by molar-refractivity contribution is 5.86. The average Bonchev–Trinajstić information content (AvgIpc) is 2.04. The van der Waals surface area contributed by atoms with Gasteiger partial charge >= 0.3 is 0 Å². The number of carbonyl (C=O) groups is 2. The molecule has 1 atom stereocenters. The molecular weight excluding hydrogens is 229 g/mol. The van der Waals surface area contributed by atoms with Gasteiger partial charge in [0.05, 0.1) is 0 Å². The summed E-state index contributed by atoms with van der Waals surface area (Å²) < 4.78 is 0. The minimum atomic E-state index is -0.476. The summed E-state index contributed by atoms with van der Waals surface area (Å²) in [6.07, 6.45) is 0. The average molecular weight is 244 g/mol. The van der Waals surface area contributed by atoms with Crippen LogP contribution in [0, 0.1) is 0 Å². The molecule has 7 heteroatoms. The highest BCUT2D eigenvalue weighted by Gasteiger charge is 2.28. The molecule has 1 saturated heterocycles. The van der Waals surface area contributed by atoms with E-state index < -0.39 is 11.9 Å². The molecule has 0 aromatic heterocycles. The lowest BCUT2D eigenvalue weighted by atomic mass is 10.2. The van der Waals surface area contributed by atoms with Crippen molar-refractivity contribution in [2.24, 2.45) is 5.73 Å². The largest absolute Gasteiger partial charge is 0.368 e. The van der Waals surface area contributed by atoms with Crippen LogP contribution in [-0.2, 0) is 9.59 Å². The lowest BCUT2D eigenvalue weighted by Gasteiger charge is -2.33. The molecule has 1 aliphatic heterocycles. The standard InChI is InChI=1S/C7H13N3O2.2ClH/c1-5(11)10-3-2-9-4-6(10)7(8)12;;/h6,9H,2-4H2,1H3,(H2,8,12);2*1H. The summed E-state index contributed by atoms with van der Waals surface area (Å²) in [5, 5.41) is 3.01. The van der Waals surface area contributed by atoms with Crippen LogP contribution in [0.25, 0.3) is 0 Å². The van der Waals surface area contributed by atoms with E-state index >= 15 is 0 Å². The predicted octanol–water partition coefficient (Wildman–Crippen LogP) is -0.864. The van der Waals surface area contributed by atoms with Crippen molar-refractivity contribution in [3.05, 3.63) is 0 Å². The second-order valence-electron chi connectivity index (χ2n) is 2.83. The molecule has 2 amide bonds. The number of carbonyl (C=O) groups excluding carboxylic acids is 2. The molecule has 0 aliphatic carbocycles. The number of halogens is 2. The Balaban J connectivity index is 0. The van der Waals surface area contributed by atoms with Crippen molar-refractivity contribution in [3.8, 4) is 0 Å². The summed E-state index contributed by atoms with van der Waals surface area (Å²) in [6.45, 7) is 3.20. The Hall–Kier alpha value is -0.520. The van der Waals surface area contributed by atoms with Crippen LogP contribution in [-0.4, -0.2) is 42.4 Å². The number of amides is 2. The van der Waals surface area contributed by atoms with Gasteiger partial charge in [-0.2, -0.15) is 0 Å². The smallest absolute Gasteiger partial charge is 0.241 e. The van der Waals surface area contributed by atoms with E-state index in [1.807, 2.05) is 0 Å². The maximum absolute atomic E-state index is 11.0. The zero-order chi connectivity index (χ0) is 9.14. The number of nitrogens with one attached hydrogen (secondary N) is 1. The number of nitrogens with zero attached hydrogens (tertiary/aromatic N) is 1. The van der Waals surface area contributed by atoms with Gasteiger partial charge in [0.15, 0.2) is 0 Å². The van der Waals surface area contributed by atoms with Gasteiger partial charge in [-0.3, -0.25) is 9.59 Å². The Kier molecular flexibility index (Phi) is 7.81. The third-order valence-corrected chi connectivity index (χ3v) is 1.98. The van der Waals surface area contributed by atoms with E-state index in [9.17, 15) is 9.59 Å². The van der Waals surface area contributed by atoms with E-state index in [-0.39, 0.29) is 30.7 Å². The maximum atomic E-state index is 11.0. The first kappa shape index (κ1) is 15.9. The summed E-state index contributed by atoms with van der Waals surface area (Å²) in [6, 6.07) is -0.476. The van der Waals surface area contributed by atoms with E-state index in [1.54, 1.807) is 0 Å². The molecule has 0 aromatic rings. The van der Waals surface area contributed by atoms with Crippen molar-refractivity contribution in [1.82, 2.24) is 10.2 Å². The highest BCUT2D eigenvalue weighted by Crippen LogP contribution is 2.02. The van der Waals surface area contributed by atoms with Gasteiger partial charge in [0.1, 0.15) is 6.04 Å². The monoisotopic (exact) mass is 243 g/mol. The highest BCUT2D eigenvalue weighted by atomic mass is 35.5. The molecule has 0 spiro atoms. The normalized spacial score (nSPS) is 20.4. The molecule has 0 aromatic carbocycles. The molecule has 1 fully saturated rings. The molecule has 3 N–H and O–H groups in total. The molecule has 1 rings (SSSR count). The minimum absolute atomic E-state index is 0. The number of hydrogen-bond acceptors (Lipinski definition) is 3. The van der Waals surface area contributed by atoms with Crippen molar-refractivity contribution in [2.45, 2.75) is 13.0 Å². The van der Waals surface area contributed by atoms with E-state index in [4.69, 9.17) is 5.73 Å². The van der Waals surface area contributed by atoms with Gasteiger partial charge in [0.2, 0.25) is 11.8 Å². The Bertz CT molecular complexity index is 191. The van der Waals surface area contributed by atoms with Gasteiger partial charge in [-0.1, -0.05) is 0 Å². The molecule has 14 heavy (non-hydrogen) atoms. The van der Waals surface area contributed by atoms with Crippen LogP contribution < -0.4 is 11.1 Å². The lowest BCUT2D eigenvalue weighted by Crippen LogP contribution is -2.58. The molecule has 1 heterocycles. The lowest BCUT2D eigenvalue weighted by molar-refractivity contribution is -0.138. The zero-order valence-electron chi connectivity index (χ0n) is 7.86. The van der Waals surface area contributed by atoms with Crippen LogP contribution in [0.15, 0.2) is 0 Å². The van der Waals surface area contributed by atoms with Crippen LogP contribution >= 0.6 is 24.8 Å². The molecule has 84 valence electrons. The number of piperazine rings is 1.